The van der Waals surface area contributed by atoms with Crippen molar-refractivity contribution in [2.45, 2.75) is 0 Å². The quantitative estimate of drug-likeness (QED) is 0.189. The van der Waals surface area contributed by atoms with Gasteiger partial charge < -0.3 is 0 Å². The van der Waals surface area contributed by atoms with E-state index in [1.165, 1.54) is 6.20 Å². The first-order valence-electron chi connectivity index (χ1n) is 5.80. The Kier molecular flexibility index (Phi) is 5.07. The number of nitro groups is 1. The number of rotatable bonds is 4. The van der Waals surface area contributed by atoms with E-state index in [2.05, 4.69) is 20.0 Å². The molecule has 1 aromatic heterocycles. The average Bonchev–Trinajstić information content (AvgIpc) is 2.49. The Morgan fingerprint density at radius 3 is 2.52 bits per heavy atom. The SMILES string of the molecule is [N-]=[N+]=Nc1c(F)cncc1C=Nc1c(Cl)cc([N+](=O)[O-])cc1Cl. The van der Waals surface area contributed by atoms with Gasteiger partial charge in [-0.25, -0.2) is 4.39 Å². The Balaban J connectivity index is 2.48. The predicted molar refractivity (Wildman–Crippen MR) is 83.4 cm³/mol. The van der Waals surface area contributed by atoms with E-state index >= 15 is 0 Å². The van der Waals surface area contributed by atoms with Crippen LogP contribution in [0.15, 0.2) is 34.6 Å². The van der Waals surface area contributed by atoms with Crippen LogP contribution in [0, 0.1) is 15.9 Å². The highest BCUT2D eigenvalue weighted by molar-refractivity contribution is 6.39. The van der Waals surface area contributed by atoms with Crippen molar-refractivity contribution in [3.05, 3.63) is 66.5 Å². The molecule has 11 heteroatoms. The number of nitrogens with zero attached hydrogens (tertiary/aromatic N) is 6. The Bertz CT molecular complexity index is 844. The van der Waals surface area contributed by atoms with Gasteiger partial charge in [-0.1, -0.05) is 28.3 Å². The fraction of sp³-hybridized carbons (Fsp3) is 0. The smallest absolute Gasteiger partial charge is 0.261 e. The van der Waals surface area contributed by atoms with Crippen LogP contribution in [-0.4, -0.2) is 16.1 Å². The molecule has 0 fully saturated rings. The largest absolute Gasteiger partial charge is 0.272 e. The van der Waals surface area contributed by atoms with Gasteiger partial charge in [-0.15, -0.1) is 0 Å². The first-order valence-corrected chi connectivity index (χ1v) is 6.55. The Hall–Kier alpha value is -2.74. The van der Waals surface area contributed by atoms with Gasteiger partial charge in [-0.2, -0.15) is 0 Å². The lowest BCUT2D eigenvalue weighted by Gasteiger charge is -2.03. The molecule has 0 spiro atoms. The molecule has 0 unspecified atom stereocenters. The molecule has 1 heterocycles. The summed E-state index contributed by atoms with van der Waals surface area (Å²) in [6, 6.07) is 2.16. The zero-order valence-corrected chi connectivity index (χ0v) is 12.5. The van der Waals surface area contributed by atoms with E-state index in [4.69, 9.17) is 28.7 Å². The number of aliphatic imine (C=N–C) groups is 1. The van der Waals surface area contributed by atoms with Gasteiger partial charge in [0.2, 0.25) is 0 Å². The third-order valence-corrected chi connectivity index (χ3v) is 3.17. The number of hydrogen-bond donors (Lipinski definition) is 0. The highest BCUT2D eigenvalue weighted by Crippen LogP contribution is 2.37. The van der Waals surface area contributed by atoms with E-state index in [-0.39, 0.29) is 32.7 Å². The maximum absolute atomic E-state index is 13.5. The van der Waals surface area contributed by atoms with E-state index in [0.717, 1.165) is 24.5 Å². The van der Waals surface area contributed by atoms with Crippen LogP contribution in [0.1, 0.15) is 5.56 Å². The van der Waals surface area contributed by atoms with Crippen molar-refractivity contribution in [1.82, 2.24) is 4.98 Å². The zero-order chi connectivity index (χ0) is 17.0. The minimum absolute atomic E-state index is 0.0510. The van der Waals surface area contributed by atoms with Crippen LogP contribution in [0.4, 0.5) is 21.5 Å². The number of benzene rings is 1. The van der Waals surface area contributed by atoms with Crippen LogP contribution in [-0.2, 0) is 0 Å². The van der Waals surface area contributed by atoms with E-state index in [9.17, 15) is 14.5 Å². The normalized spacial score (nSPS) is 10.6. The second kappa shape index (κ2) is 7.01. The van der Waals surface area contributed by atoms with Crippen molar-refractivity contribution < 1.29 is 9.31 Å². The summed E-state index contributed by atoms with van der Waals surface area (Å²) in [4.78, 5) is 20.1. The topological polar surface area (TPSA) is 117 Å². The molecule has 0 atom stereocenters. The summed E-state index contributed by atoms with van der Waals surface area (Å²) in [5, 5.41) is 13.8. The van der Waals surface area contributed by atoms with Crippen molar-refractivity contribution in [3.63, 3.8) is 0 Å². The van der Waals surface area contributed by atoms with Crippen molar-refractivity contribution in [3.8, 4) is 0 Å². The Morgan fingerprint density at radius 2 is 1.96 bits per heavy atom. The summed E-state index contributed by atoms with van der Waals surface area (Å²) in [6.45, 7) is 0. The second-order valence-corrected chi connectivity index (χ2v) is 4.84. The van der Waals surface area contributed by atoms with Gasteiger partial charge in [0.1, 0.15) is 5.69 Å². The summed E-state index contributed by atoms with van der Waals surface area (Å²) in [5.41, 5.74) is 8.01. The number of halogens is 3. The third-order valence-electron chi connectivity index (χ3n) is 2.59. The lowest BCUT2D eigenvalue weighted by atomic mass is 10.2. The first kappa shape index (κ1) is 16.6. The maximum Gasteiger partial charge on any atom is 0.272 e. The zero-order valence-electron chi connectivity index (χ0n) is 11.0. The van der Waals surface area contributed by atoms with Gasteiger partial charge in [0.15, 0.2) is 5.82 Å². The van der Waals surface area contributed by atoms with Crippen LogP contribution in [0.3, 0.4) is 0 Å². The molecule has 0 bridgehead atoms. The molecule has 0 radical (unpaired) electrons. The summed E-state index contributed by atoms with van der Waals surface area (Å²) >= 11 is 11.8. The number of hydrogen-bond acceptors (Lipinski definition) is 5. The monoisotopic (exact) mass is 354 g/mol. The number of nitro benzene ring substituents is 1. The summed E-state index contributed by atoms with van der Waals surface area (Å²) in [7, 11) is 0. The molecule has 0 saturated heterocycles. The van der Waals surface area contributed by atoms with E-state index < -0.39 is 10.7 Å². The molecule has 2 rings (SSSR count). The molecule has 116 valence electrons. The minimum Gasteiger partial charge on any atom is -0.261 e. The van der Waals surface area contributed by atoms with E-state index in [1.54, 1.807) is 0 Å². The lowest BCUT2D eigenvalue weighted by Crippen LogP contribution is -1.90. The fourth-order valence-electron chi connectivity index (χ4n) is 1.60. The number of pyridine rings is 1. The Morgan fingerprint density at radius 1 is 1.30 bits per heavy atom. The Labute approximate surface area is 138 Å². The molecular weight excluding hydrogens is 350 g/mol. The van der Waals surface area contributed by atoms with Crippen LogP contribution < -0.4 is 0 Å². The number of non-ortho nitro benzene ring substituents is 1. The van der Waals surface area contributed by atoms with Crippen LogP contribution >= 0.6 is 23.2 Å². The van der Waals surface area contributed by atoms with Crippen molar-refractivity contribution in [2.75, 3.05) is 0 Å². The summed E-state index contributed by atoms with van der Waals surface area (Å²) in [5.74, 6) is -0.826. The first-order chi connectivity index (χ1) is 10.9. The maximum atomic E-state index is 13.5. The van der Waals surface area contributed by atoms with Gasteiger partial charge in [0.05, 0.1) is 26.9 Å². The molecule has 23 heavy (non-hydrogen) atoms. The standard InChI is InChI=1S/C12H5Cl2FN6O2/c13-8-1-7(21(22)23)2-9(14)12(8)18-4-6-3-17-5-10(15)11(6)19-20-16/h1-5H. The van der Waals surface area contributed by atoms with Gasteiger partial charge >= 0.3 is 0 Å². The average molecular weight is 355 g/mol. The predicted octanol–water partition coefficient (Wildman–Crippen LogP) is 5.13. The summed E-state index contributed by atoms with van der Waals surface area (Å²) in [6.07, 6.45) is 3.25. The molecule has 1 aromatic carbocycles. The third kappa shape index (κ3) is 3.72. The number of azide groups is 1. The molecule has 0 saturated carbocycles. The molecule has 0 aliphatic carbocycles. The van der Waals surface area contributed by atoms with Crippen molar-refractivity contribution >= 4 is 46.5 Å². The summed E-state index contributed by atoms with van der Waals surface area (Å²) < 4.78 is 13.5. The van der Waals surface area contributed by atoms with Gasteiger partial charge in [-0.05, 0) is 5.53 Å². The molecule has 0 amide bonds. The van der Waals surface area contributed by atoms with E-state index in [0.29, 0.717) is 0 Å². The van der Waals surface area contributed by atoms with E-state index in [1.807, 2.05) is 0 Å². The highest BCUT2D eigenvalue weighted by atomic mass is 35.5. The number of aromatic nitrogens is 1. The molecular formula is C12H5Cl2FN6O2. The lowest BCUT2D eigenvalue weighted by molar-refractivity contribution is -0.384. The molecule has 2 aromatic rings. The van der Waals surface area contributed by atoms with Crippen LogP contribution in [0.25, 0.3) is 10.4 Å². The second-order valence-electron chi connectivity index (χ2n) is 4.02. The highest BCUT2D eigenvalue weighted by Gasteiger charge is 2.14. The van der Waals surface area contributed by atoms with Gasteiger partial charge in [0, 0.05) is 35.0 Å². The van der Waals surface area contributed by atoms with Gasteiger partial charge in [-0.3, -0.25) is 20.1 Å². The van der Waals surface area contributed by atoms with Gasteiger partial charge in [0.25, 0.3) is 5.69 Å². The molecule has 8 nitrogen and oxygen atoms in total. The molecule has 0 aliphatic rings. The van der Waals surface area contributed by atoms with Crippen LogP contribution in [0.5, 0.6) is 0 Å². The fourth-order valence-corrected chi connectivity index (χ4v) is 2.18. The minimum atomic E-state index is -0.826. The van der Waals surface area contributed by atoms with Crippen LogP contribution in [0.2, 0.25) is 10.0 Å². The van der Waals surface area contributed by atoms with Crippen molar-refractivity contribution in [2.24, 2.45) is 10.1 Å². The van der Waals surface area contributed by atoms with Crippen molar-refractivity contribution in [1.29, 1.82) is 0 Å². The molecule has 0 N–H and O–H groups in total. The molecule has 0 aliphatic heterocycles.